The molecule has 6 heteroatoms. The van der Waals surface area contributed by atoms with Crippen LogP contribution in [-0.2, 0) is 30.2 Å². The van der Waals surface area contributed by atoms with Gasteiger partial charge in [-0.15, -0.1) is 0 Å². The first-order valence-corrected chi connectivity index (χ1v) is 8.63. The molecule has 1 N–H and O–H groups in total. The van der Waals surface area contributed by atoms with Gasteiger partial charge in [0, 0.05) is 23.9 Å². The summed E-state index contributed by atoms with van der Waals surface area (Å²) in [5.41, 5.74) is 4.33. The summed E-state index contributed by atoms with van der Waals surface area (Å²) in [6.07, 6.45) is 0.364. The van der Waals surface area contributed by atoms with Crippen molar-refractivity contribution in [3.63, 3.8) is 0 Å². The smallest absolute Gasteiger partial charge is 0.417 e. The van der Waals surface area contributed by atoms with Crippen LogP contribution < -0.4 is 0 Å². The summed E-state index contributed by atoms with van der Waals surface area (Å²) in [6, 6.07) is 8.34. The first-order valence-electron chi connectivity index (χ1n) is 8.63. The molecule has 2 aliphatic carbocycles. The fourth-order valence-corrected chi connectivity index (χ4v) is 3.55. The van der Waals surface area contributed by atoms with E-state index in [9.17, 15) is 23.1 Å². The summed E-state index contributed by atoms with van der Waals surface area (Å²) in [7, 11) is 0. The number of carbonyl (C=O) groups excluding carboxylic acids is 1. The van der Waals surface area contributed by atoms with Crippen LogP contribution in [0.2, 0.25) is 0 Å². The normalized spacial score (nSPS) is 16.3. The Morgan fingerprint density at radius 2 is 1.93 bits per heavy atom. The van der Waals surface area contributed by atoms with Crippen molar-refractivity contribution in [3.8, 4) is 0 Å². The molecule has 0 bridgehead atoms. The van der Waals surface area contributed by atoms with Crippen LogP contribution in [0.4, 0.5) is 13.2 Å². The highest BCUT2D eigenvalue weighted by Gasteiger charge is 2.31. The number of nitrogens with zero attached hydrogens (tertiary/aromatic N) is 1. The number of alkyl halides is 3. The molecular weight excluding hydrogens is 355 g/mol. The molecule has 0 radical (unpaired) electrons. The molecule has 0 amide bonds. The van der Waals surface area contributed by atoms with Crippen molar-refractivity contribution in [1.82, 2.24) is 4.98 Å². The Morgan fingerprint density at radius 3 is 2.63 bits per heavy atom. The lowest BCUT2D eigenvalue weighted by Gasteiger charge is -2.12. The Kier molecular flexibility index (Phi) is 4.13. The third-order valence-electron chi connectivity index (χ3n) is 5.00. The summed E-state index contributed by atoms with van der Waals surface area (Å²) in [5, 5.41) is 10.2. The maximum atomic E-state index is 12.6. The molecule has 0 atom stereocenters. The van der Waals surface area contributed by atoms with Crippen molar-refractivity contribution in [2.45, 2.75) is 31.9 Å². The first-order chi connectivity index (χ1) is 12.8. The molecule has 1 heterocycles. The minimum Gasteiger partial charge on any atom is -0.504 e. The van der Waals surface area contributed by atoms with E-state index in [1.54, 1.807) is 0 Å². The van der Waals surface area contributed by atoms with Crippen LogP contribution in [-0.4, -0.2) is 15.9 Å². The monoisotopic (exact) mass is 371 g/mol. The SMILES string of the molecule is O=C1CC=C2Cc3ccc(CCc4ccc(C(F)(F)F)cn4)cc3C2=C1O. The number of Topliss-reactive ketones (excluding diaryl/α,β-unsaturated/α-hetero) is 1. The van der Waals surface area contributed by atoms with Crippen molar-refractivity contribution >= 4 is 11.4 Å². The van der Waals surface area contributed by atoms with Gasteiger partial charge in [0.05, 0.1) is 5.56 Å². The number of hydrogen-bond donors (Lipinski definition) is 1. The standard InChI is InChI=1S/C21H16F3NO2/c22-21(23,24)15-5-7-16(25-11-15)6-2-12-1-3-13-10-14-4-8-18(26)20(27)19(14)17(13)9-12/h1,3-5,7,9,11,27H,2,6,8,10H2. The molecule has 4 rings (SSSR count). The number of halogens is 3. The van der Waals surface area contributed by atoms with Gasteiger partial charge in [0.25, 0.3) is 0 Å². The molecule has 3 nitrogen and oxygen atoms in total. The highest BCUT2D eigenvalue weighted by atomic mass is 19.4. The largest absolute Gasteiger partial charge is 0.504 e. The van der Waals surface area contributed by atoms with Gasteiger partial charge in [0.1, 0.15) is 0 Å². The highest BCUT2D eigenvalue weighted by molar-refractivity contribution is 6.08. The van der Waals surface area contributed by atoms with E-state index >= 15 is 0 Å². The minimum absolute atomic E-state index is 0.173. The van der Waals surface area contributed by atoms with Crippen LogP contribution in [0.5, 0.6) is 0 Å². The van der Waals surface area contributed by atoms with Crippen molar-refractivity contribution < 1.29 is 23.1 Å². The number of aliphatic hydroxyl groups excluding tert-OH is 1. The number of aryl methyl sites for hydroxylation is 2. The zero-order chi connectivity index (χ0) is 19.2. The molecule has 27 heavy (non-hydrogen) atoms. The van der Waals surface area contributed by atoms with Gasteiger partial charge in [-0.25, -0.2) is 0 Å². The van der Waals surface area contributed by atoms with Gasteiger partial charge in [-0.3, -0.25) is 9.78 Å². The molecule has 1 aromatic carbocycles. The highest BCUT2D eigenvalue weighted by Crippen LogP contribution is 2.41. The molecule has 0 saturated heterocycles. The Morgan fingerprint density at radius 1 is 1.11 bits per heavy atom. The van der Waals surface area contributed by atoms with Crippen LogP contribution in [0.1, 0.15) is 34.4 Å². The number of aliphatic hydroxyl groups is 1. The number of fused-ring (bicyclic) bond motifs is 3. The van der Waals surface area contributed by atoms with Crippen molar-refractivity contribution in [1.29, 1.82) is 0 Å². The van der Waals surface area contributed by atoms with E-state index in [0.29, 0.717) is 30.5 Å². The molecule has 2 aromatic rings. The van der Waals surface area contributed by atoms with Crippen molar-refractivity contribution in [2.24, 2.45) is 0 Å². The fourth-order valence-electron chi connectivity index (χ4n) is 3.55. The van der Waals surface area contributed by atoms with E-state index in [1.165, 1.54) is 6.07 Å². The second-order valence-corrected chi connectivity index (χ2v) is 6.78. The molecule has 0 aliphatic heterocycles. The maximum absolute atomic E-state index is 12.6. The Hall–Kier alpha value is -2.89. The quantitative estimate of drug-likeness (QED) is 0.857. The number of rotatable bonds is 3. The third kappa shape index (κ3) is 3.27. The summed E-state index contributed by atoms with van der Waals surface area (Å²) in [6.45, 7) is 0. The van der Waals surface area contributed by atoms with Gasteiger partial charge < -0.3 is 5.11 Å². The molecule has 0 spiro atoms. The summed E-state index contributed by atoms with van der Waals surface area (Å²) >= 11 is 0. The number of allylic oxidation sites excluding steroid dienone is 4. The van der Waals surface area contributed by atoms with Gasteiger partial charge in [0.2, 0.25) is 5.78 Å². The average molecular weight is 371 g/mol. The number of benzene rings is 1. The molecular formula is C21H16F3NO2. The number of ketones is 1. The predicted octanol–water partition coefficient (Wildman–Crippen LogP) is 4.61. The molecule has 2 aliphatic rings. The Balaban J connectivity index is 1.53. The van der Waals surface area contributed by atoms with Crippen molar-refractivity contribution in [3.05, 3.63) is 81.9 Å². The van der Waals surface area contributed by atoms with Gasteiger partial charge in [0.15, 0.2) is 5.76 Å². The van der Waals surface area contributed by atoms with E-state index in [1.807, 2.05) is 24.3 Å². The predicted molar refractivity (Wildman–Crippen MR) is 94.0 cm³/mol. The van der Waals surface area contributed by atoms with E-state index in [0.717, 1.165) is 34.5 Å². The van der Waals surface area contributed by atoms with Crippen LogP contribution in [0.25, 0.3) is 5.57 Å². The second-order valence-electron chi connectivity index (χ2n) is 6.78. The average Bonchev–Trinajstić information content (AvgIpc) is 3.01. The topological polar surface area (TPSA) is 50.2 Å². The van der Waals surface area contributed by atoms with Gasteiger partial charge in [-0.05, 0) is 53.7 Å². The van der Waals surface area contributed by atoms with Crippen LogP contribution >= 0.6 is 0 Å². The number of pyridine rings is 1. The Bertz CT molecular complexity index is 985. The maximum Gasteiger partial charge on any atom is 0.417 e. The van der Waals surface area contributed by atoms with Gasteiger partial charge in [-0.1, -0.05) is 24.3 Å². The second kappa shape index (κ2) is 6.37. The zero-order valence-corrected chi connectivity index (χ0v) is 14.3. The van der Waals surface area contributed by atoms with E-state index in [-0.39, 0.29) is 18.0 Å². The summed E-state index contributed by atoms with van der Waals surface area (Å²) in [5.74, 6) is -0.450. The van der Waals surface area contributed by atoms with E-state index in [4.69, 9.17) is 0 Å². The lowest BCUT2D eigenvalue weighted by atomic mass is 9.94. The lowest BCUT2D eigenvalue weighted by Crippen LogP contribution is -2.08. The van der Waals surface area contributed by atoms with Crippen LogP contribution in [0.3, 0.4) is 0 Å². The van der Waals surface area contributed by atoms with Crippen LogP contribution in [0, 0.1) is 0 Å². The minimum atomic E-state index is -4.39. The van der Waals surface area contributed by atoms with Gasteiger partial charge in [-0.2, -0.15) is 13.2 Å². The molecule has 0 fully saturated rings. The molecule has 0 unspecified atom stereocenters. The van der Waals surface area contributed by atoms with Gasteiger partial charge >= 0.3 is 6.18 Å². The summed E-state index contributed by atoms with van der Waals surface area (Å²) < 4.78 is 37.8. The number of carbonyl (C=O) groups is 1. The first kappa shape index (κ1) is 17.5. The zero-order valence-electron chi connectivity index (χ0n) is 14.3. The lowest BCUT2D eigenvalue weighted by molar-refractivity contribution is -0.137. The molecule has 1 aromatic heterocycles. The number of hydrogen-bond acceptors (Lipinski definition) is 3. The molecule has 0 saturated carbocycles. The van der Waals surface area contributed by atoms with Crippen molar-refractivity contribution in [2.75, 3.05) is 0 Å². The third-order valence-corrected chi connectivity index (χ3v) is 5.00. The van der Waals surface area contributed by atoms with E-state index in [2.05, 4.69) is 4.98 Å². The Labute approximate surface area is 153 Å². The van der Waals surface area contributed by atoms with E-state index < -0.39 is 11.7 Å². The molecule has 138 valence electrons. The van der Waals surface area contributed by atoms with Crippen LogP contribution in [0.15, 0.2) is 53.9 Å². The fraction of sp³-hybridized carbons (Fsp3) is 0.238. The summed E-state index contributed by atoms with van der Waals surface area (Å²) in [4.78, 5) is 15.7. The number of aromatic nitrogens is 1.